The average Bonchev–Trinajstić information content (AvgIpc) is 2.65. The van der Waals surface area contributed by atoms with Crippen molar-refractivity contribution >= 4 is 50.9 Å². The zero-order chi connectivity index (χ0) is 21.6. The van der Waals surface area contributed by atoms with Crippen molar-refractivity contribution < 1.29 is 14.3 Å². The molecule has 156 valence electrons. The Morgan fingerprint density at radius 3 is 2.34 bits per heavy atom. The lowest BCUT2D eigenvalue weighted by atomic mass is 10.1. The molecule has 8 heteroatoms. The molecule has 0 aliphatic rings. The van der Waals surface area contributed by atoms with E-state index in [2.05, 4.69) is 21.2 Å². The van der Waals surface area contributed by atoms with Crippen LogP contribution in [0.2, 0.25) is 10.0 Å². The fourth-order valence-corrected chi connectivity index (χ4v) is 3.31. The van der Waals surface area contributed by atoms with Crippen molar-refractivity contribution in [3.8, 4) is 5.75 Å². The fourth-order valence-electron chi connectivity index (χ4n) is 2.58. The number of carbonyl (C=O) groups is 2. The Morgan fingerprint density at radius 1 is 1.10 bits per heavy atom. The zero-order valence-corrected chi connectivity index (χ0v) is 19.5. The predicted octanol–water partition coefficient (Wildman–Crippen LogP) is 5.08. The summed E-state index contributed by atoms with van der Waals surface area (Å²) in [4.78, 5) is 26.9. The highest BCUT2D eigenvalue weighted by atomic mass is 79.9. The van der Waals surface area contributed by atoms with Crippen LogP contribution in [0.15, 0.2) is 46.9 Å². The molecule has 2 amide bonds. The van der Waals surface area contributed by atoms with E-state index in [1.165, 1.54) is 4.90 Å². The van der Waals surface area contributed by atoms with E-state index in [1.54, 1.807) is 37.3 Å². The molecule has 2 aromatic carbocycles. The van der Waals surface area contributed by atoms with E-state index in [4.69, 9.17) is 27.9 Å². The molecular formula is C21H23BrCl2N2O3. The maximum atomic E-state index is 12.9. The lowest BCUT2D eigenvalue weighted by molar-refractivity contribution is -0.142. The van der Waals surface area contributed by atoms with Crippen LogP contribution in [0.5, 0.6) is 5.75 Å². The minimum absolute atomic E-state index is 0.0416. The molecule has 29 heavy (non-hydrogen) atoms. The Morgan fingerprint density at radius 2 is 1.76 bits per heavy atom. The SMILES string of the molecule is CC(C)NC(=O)[C@H](C)N(Cc1ccc(Cl)cc1Cl)C(=O)COc1ccc(Br)cc1. The van der Waals surface area contributed by atoms with E-state index in [0.29, 0.717) is 21.4 Å². The van der Waals surface area contributed by atoms with Crippen molar-refractivity contribution in [3.63, 3.8) is 0 Å². The van der Waals surface area contributed by atoms with Crippen LogP contribution in [0.4, 0.5) is 0 Å². The molecule has 0 fully saturated rings. The molecule has 0 unspecified atom stereocenters. The third-order valence-corrected chi connectivity index (χ3v) is 5.25. The number of rotatable bonds is 8. The van der Waals surface area contributed by atoms with Crippen LogP contribution in [0.1, 0.15) is 26.3 Å². The van der Waals surface area contributed by atoms with Gasteiger partial charge in [0.05, 0.1) is 0 Å². The van der Waals surface area contributed by atoms with Gasteiger partial charge in [0.15, 0.2) is 6.61 Å². The van der Waals surface area contributed by atoms with Crippen molar-refractivity contribution in [2.45, 2.75) is 39.4 Å². The number of halogens is 3. The van der Waals surface area contributed by atoms with Crippen molar-refractivity contribution in [1.29, 1.82) is 0 Å². The number of hydrogen-bond acceptors (Lipinski definition) is 3. The van der Waals surface area contributed by atoms with Gasteiger partial charge in [-0.1, -0.05) is 45.2 Å². The second-order valence-corrected chi connectivity index (χ2v) is 8.60. The molecule has 0 saturated carbocycles. The number of carbonyl (C=O) groups excluding carboxylic acids is 2. The normalized spacial score (nSPS) is 11.8. The maximum Gasteiger partial charge on any atom is 0.261 e. The standard InChI is InChI=1S/C21H23BrCl2N2O3/c1-13(2)25-21(28)14(3)26(11-15-4-7-17(23)10-19(15)24)20(27)12-29-18-8-5-16(22)6-9-18/h4-10,13-14H,11-12H2,1-3H3,(H,25,28)/t14-/m0/s1. The summed E-state index contributed by atoms with van der Waals surface area (Å²) in [6.07, 6.45) is 0. The van der Waals surface area contributed by atoms with Crippen LogP contribution < -0.4 is 10.1 Å². The highest BCUT2D eigenvalue weighted by Crippen LogP contribution is 2.23. The first-order chi connectivity index (χ1) is 13.7. The van der Waals surface area contributed by atoms with Gasteiger partial charge in [0.1, 0.15) is 11.8 Å². The summed E-state index contributed by atoms with van der Waals surface area (Å²) in [6, 6.07) is 11.5. The van der Waals surface area contributed by atoms with Gasteiger partial charge in [-0.3, -0.25) is 9.59 Å². The fraction of sp³-hybridized carbons (Fsp3) is 0.333. The third-order valence-electron chi connectivity index (χ3n) is 4.13. The van der Waals surface area contributed by atoms with Gasteiger partial charge in [0.25, 0.3) is 5.91 Å². The second-order valence-electron chi connectivity index (χ2n) is 6.84. The number of benzene rings is 2. The summed E-state index contributed by atoms with van der Waals surface area (Å²) in [5, 5.41) is 3.77. The van der Waals surface area contributed by atoms with Crippen LogP contribution in [-0.4, -0.2) is 35.4 Å². The lowest BCUT2D eigenvalue weighted by Gasteiger charge is -2.29. The molecule has 1 N–H and O–H groups in total. The van der Waals surface area contributed by atoms with Gasteiger partial charge in [-0.15, -0.1) is 0 Å². The summed E-state index contributed by atoms with van der Waals surface area (Å²) in [5.41, 5.74) is 0.692. The molecule has 0 heterocycles. The molecule has 0 saturated heterocycles. The van der Waals surface area contributed by atoms with Crippen LogP contribution in [0.3, 0.4) is 0 Å². The summed E-state index contributed by atoms with van der Waals surface area (Å²) in [5.74, 6) is -0.0160. The zero-order valence-electron chi connectivity index (χ0n) is 16.4. The van der Waals surface area contributed by atoms with E-state index in [-0.39, 0.29) is 31.0 Å². The van der Waals surface area contributed by atoms with Crippen molar-refractivity contribution in [2.75, 3.05) is 6.61 Å². The molecule has 2 aromatic rings. The molecule has 0 spiro atoms. The number of hydrogen-bond donors (Lipinski definition) is 1. The van der Waals surface area contributed by atoms with E-state index < -0.39 is 6.04 Å². The largest absolute Gasteiger partial charge is 0.484 e. The first kappa shape index (κ1) is 23.5. The van der Waals surface area contributed by atoms with E-state index in [1.807, 2.05) is 26.0 Å². The molecular weight excluding hydrogens is 479 g/mol. The molecule has 2 rings (SSSR count). The summed E-state index contributed by atoms with van der Waals surface area (Å²) < 4.78 is 6.52. The van der Waals surface area contributed by atoms with Gasteiger partial charge >= 0.3 is 0 Å². The Balaban J connectivity index is 2.18. The Bertz CT molecular complexity index is 860. The first-order valence-corrected chi connectivity index (χ1v) is 10.6. The molecule has 0 aliphatic heterocycles. The van der Waals surface area contributed by atoms with Crippen molar-refractivity contribution in [3.05, 3.63) is 62.5 Å². The molecule has 1 atom stereocenters. The summed E-state index contributed by atoms with van der Waals surface area (Å²) >= 11 is 15.6. The average molecular weight is 502 g/mol. The second kappa shape index (κ2) is 10.9. The number of amides is 2. The van der Waals surface area contributed by atoms with Gasteiger partial charge in [-0.25, -0.2) is 0 Å². The smallest absolute Gasteiger partial charge is 0.261 e. The van der Waals surface area contributed by atoms with Crippen LogP contribution >= 0.6 is 39.1 Å². The van der Waals surface area contributed by atoms with E-state index >= 15 is 0 Å². The molecule has 5 nitrogen and oxygen atoms in total. The lowest BCUT2D eigenvalue weighted by Crippen LogP contribution is -2.50. The Kier molecular flexibility index (Phi) is 8.80. The van der Waals surface area contributed by atoms with Gasteiger partial charge in [-0.2, -0.15) is 0 Å². The van der Waals surface area contributed by atoms with Gasteiger partial charge in [-0.05, 0) is 62.7 Å². The topological polar surface area (TPSA) is 58.6 Å². The van der Waals surface area contributed by atoms with Crippen molar-refractivity contribution in [1.82, 2.24) is 10.2 Å². The van der Waals surface area contributed by atoms with Gasteiger partial charge in [0.2, 0.25) is 5.91 Å². The first-order valence-electron chi connectivity index (χ1n) is 9.09. The van der Waals surface area contributed by atoms with Crippen LogP contribution in [0, 0.1) is 0 Å². The van der Waals surface area contributed by atoms with Crippen LogP contribution in [0.25, 0.3) is 0 Å². The molecule has 0 radical (unpaired) electrons. The number of ether oxygens (including phenoxy) is 1. The number of nitrogens with zero attached hydrogens (tertiary/aromatic N) is 1. The highest BCUT2D eigenvalue weighted by molar-refractivity contribution is 9.10. The van der Waals surface area contributed by atoms with E-state index in [9.17, 15) is 9.59 Å². The molecule has 0 bridgehead atoms. The van der Waals surface area contributed by atoms with Gasteiger partial charge < -0.3 is 15.0 Å². The minimum Gasteiger partial charge on any atom is -0.484 e. The molecule has 0 aromatic heterocycles. The summed E-state index contributed by atoms with van der Waals surface area (Å²) in [7, 11) is 0. The molecule has 0 aliphatic carbocycles. The predicted molar refractivity (Wildman–Crippen MR) is 119 cm³/mol. The summed E-state index contributed by atoms with van der Waals surface area (Å²) in [6.45, 7) is 5.36. The third kappa shape index (κ3) is 7.21. The van der Waals surface area contributed by atoms with Gasteiger partial charge in [0, 0.05) is 27.1 Å². The quantitative estimate of drug-likeness (QED) is 0.548. The Hall–Kier alpha value is -1.76. The Labute approximate surface area is 189 Å². The maximum absolute atomic E-state index is 12.9. The highest BCUT2D eigenvalue weighted by Gasteiger charge is 2.27. The van der Waals surface area contributed by atoms with Crippen LogP contribution in [-0.2, 0) is 16.1 Å². The number of nitrogens with one attached hydrogen (secondary N) is 1. The van der Waals surface area contributed by atoms with E-state index in [0.717, 1.165) is 4.47 Å². The minimum atomic E-state index is -0.704. The van der Waals surface area contributed by atoms with Crippen molar-refractivity contribution in [2.24, 2.45) is 0 Å². The monoisotopic (exact) mass is 500 g/mol.